The summed E-state index contributed by atoms with van der Waals surface area (Å²) >= 11 is 1.54. The Bertz CT molecular complexity index is 756. The van der Waals surface area contributed by atoms with Crippen molar-refractivity contribution >= 4 is 39.0 Å². The highest BCUT2D eigenvalue weighted by molar-refractivity contribution is 7.16. The number of anilines is 3. The number of aromatic nitrogens is 2. The number of para-hydroxylation sites is 1. The zero-order valence-electron chi connectivity index (χ0n) is 11.1. The van der Waals surface area contributed by atoms with E-state index in [0.29, 0.717) is 17.5 Å². The van der Waals surface area contributed by atoms with E-state index < -0.39 is 0 Å². The molecule has 20 heavy (non-hydrogen) atoms. The van der Waals surface area contributed by atoms with E-state index in [1.54, 1.807) is 37.2 Å². The fraction of sp³-hybridized carbons (Fsp3) is 0.143. The molecule has 0 aliphatic carbocycles. The predicted molar refractivity (Wildman–Crippen MR) is 81.4 cm³/mol. The van der Waals surface area contributed by atoms with Gasteiger partial charge in [-0.1, -0.05) is 12.1 Å². The van der Waals surface area contributed by atoms with Gasteiger partial charge >= 0.3 is 0 Å². The summed E-state index contributed by atoms with van der Waals surface area (Å²) in [6.07, 6.45) is 0. The van der Waals surface area contributed by atoms with Crippen molar-refractivity contribution in [1.29, 1.82) is 0 Å². The topological polar surface area (TPSA) is 41.1 Å². The predicted octanol–water partition coefficient (Wildman–Crippen LogP) is 3.64. The number of nitrogens with one attached hydrogen (secondary N) is 1. The van der Waals surface area contributed by atoms with Crippen molar-refractivity contribution in [1.82, 2.24) is 9.97 Å². The van der Waals surface area contributed by atoms with Crippen LogP contribution < -0.4 is 10.2 Å². The van der Waals surface area contributed by atoms with Crippen LogP contribution >= 0.6 is 11.3 Å². The third-order valence-electron chi connectivity index (χ3n) is 3.06. The van der Waals surface area contributed by atoms with Gasteiger partial charge in [0.05, 0.1) is 11.1 Å². The first-order valence-corrected chi connectivity index (χ1v) is 7.00. The Kier molecular flexibility index (Phi) is 3.23. The molecule has 0 amide bonds. The average Bonchev–Trinajstić information content (AvgIpc) is 2.94. The van der Waals surface area contributed by atoms with Gasteiger partial charge < -0.3 is 10.2 Å². The Hall–Kier alpha value is -2.21. The van der Waals surface area contributed by atoms with Gasteiger partial charge in [-0.25, -0.2) is 9.37 Å². The molecule has 4 nitrogen and oxygen atoms in total. The summed E-state index contributed by atoms with van der Waals surface area (Å²) in [5.74, 6) is 0.937. The number of halogens is 1. The molecule has 0 saturated carbocycles. The monoisotopic (exact) mass is 288 g/mol. The first-order valence-electron chi connectivity index (χ1n) is 6.12. The zero-order valence-corrected chi connectivity index (χ0v) is 11.9. The van der Waals surface area contributed by atoms with Gasteiger partial charge in [0.15, 0.2) is 0 Å². The first-order chi connectivity index (χ1) is 9.70. The molecule has 0 aliphatic rings. The Labute approximate surface area is 119 Å². The van der Waals surface area contributed by atoms with Gasteiger partial charge in [0.2, 0.25) is 5.95 Å². The van der Waals surface area contributed by atoms with Crippen LogP contribution in [0.15, 0.2) is 35.7 Å². The Morgan fingerprint density at radius 2 is 2.00 bits per heavy atom. The summed E-state index contributed by atoms with van der Waals surface area (Å²) < 4.78 is 13.9. The quantitative estimate of drug-likeness (QED) is 0.799. The molecule has 0 aliphatic heterocycles. The fourth-order valence-corrected chi connectivity index (χ4v) is 2.80. The number of fused-ring (bicyclic) bond motifs is 1. The van der Waals surface area contributed by atoms with E-state index in [-0.39, 0.29) is 5.82 Å². The van der Waals surface area contributed by atoms with E-state index in [2.05, 4.69) is 15.3 Å². The lowest BCUT2D eigenvalue weighted by atomic mass is 10.2. The lowest BCUT2D eigenvalue weighted by Gasteiger charge is -2.20. The molecule has 3 rings (SSSR count). The van der Waals surface area contributed by atoms with Crippen molar-refractivity contribution in [2.45, 2.75) is 0 Å². The van der Waals surface area contributed by atoms with Crippen molar-refractivity contribution in [2.24, 2.45) is 0 Å². The molecule has 6 heteroatoms. The number of nitrogens with zero attached hydrogens (tertiary/aromatic N) is 3. The van der Waals surface area contributed by atoms with Gasteiger partial charge in [0.1, 0.15) is 16.5 Å². The van der Waals surface area contributed by atoms with E-state index >= 15 is 0 Å². The lowest BCUT2D eigenvalue weighted by Crippen LogP contribution is -2.14. The second-order valence-corrected chi connectivity index (χ2v) is 5.17. The van der Waals surface area contributed by atoms with Gasteiger partial charge in [-0.05, 0) is 23.6 Å². The molecular formula is C14H13FN4S. The van der Waals surface area contributed by atoms with Crippen LogP contribution in [-0.4, -0.2) is 24.1 Å². The molecule has 2 heterocycles. The summed E-state index contributed by atoms with van der Waals surface area (Å²) in [6, 6.07) is 8.60. The molecule has 0 atom stereocenters. The molecule has 0 fully saturated rings. The largest absolute Gasteiger partial charge is 0.357 e. The molecular weight excluding hydrogens is 275 g/mol. The third kappa shape index (κ3) is 2.08. The summed E-state index contributed by atoms with van der Waals surface area (Å²) in [5, 5.41) is 5.81. The average molecular weight is 288 g/mol. The second kappa shape index (κ2) is 5.05. The summed E-state index contributed by atoms with van der Waals surface area (Å²) in [6.45, 7) is 0. The van der Waals surface area contributed by atoms with Crippen molar-refractivity contribution in [3.05, 3.63) is 41.5 Å². The van der Waals surface area contributed by atoms with Crippen LogP contribution in [0.5, 0.6) is 0 Å². The Morgan fingerprint density at radius 1 is 1.20 bits per heavy atom. The molecule has 1 aromatic carbocycles. The van der Waals surface area contributed by atoms with Crippen molar-refractivity contribution < 1.29 is 4.39 Å². The molecule has 102 valence electrons. The highest BCUT2D eigenvalue weighted by Gasteiger charge is 2.15. The molecule has 0 unspecified atom stereocenters. The molecule has 0 spiro atoms. The number of thiophene rings is 1. The minimum atomic E-state index is -0.275. The maximum Gasteiger partial charge on any atom is 0.225 e. The van der Waals surface area contributed by atoms with E-state index in [1.807, 2.05) is 11.4 Å². The molecule has 0 saturated heterocycles. The molecule has 1 N–H and O–H groups in total. The number of hydrogen-bond acceptors (Lipinski definition) is 5. The smallest absolute Gasteiger partial charge is 0.225 e. The van der Waals surface area contributed by atoms with Gasteiger partial charge in [-0.3, -0.25) is 0 Å². The van der Waals surface area contributed by atoms with Crippen LogP contribution in [0.1, 0.15) is 0 Å². The fourth-order valence-electron chi connectivity index (χ4n) is 2.05. The van der Waals surface area contributed by atoms with E-state index in [1.165, 1.54) is 17.4 Å². The minimum Gasteiger partial charge on any atom is -0.357 e. The highest BCUT2D eigenvalue weighted by atomic mass is 32.1. The number of benzene rings is 1. The maximum atomic E-state index is 13.9. The number of rotatable bonds is 3. The summed E-state index contributed by atoms with van der Waals surface area (Å²) in [4.78, 5) is 11.5. The van der Waals surface area contributed by atoms with Crippen LogP contribution in [0.4, 0.5) is 21.8 Å². The highest BCUT2D eigenvalue weighted by Crippen LogP contribution is 2.33. The summed E-state index contributed by atoms with van der Waals surface area (Å²) in [7, 11) is 3.57. The van der Waals surface area contributed by atoms with Crippen LogP contribution in [0.2, 0.25) is 0 Å². The molecule has 0 radical (unpaired) electrons. The lowest BCUT2D eigenvalue weighted by molar-refractivity contribution is 0.627. The van der Waals surface area contributed by atoms with Crippen LogP contribution in [0, 0.1) is 5.82 Å². The normalized spacial score (nSPS) is 10.8. The van der Waals surface area contributed by atoms with E-state index in [0.717, 1.165) is 10.2 Å². The van der Waals surface area contributed by atoms with E-state index in [4.69, 9.17) is 0 Å². The van der Waals surface area contributed by atoms with Crippen molar-refractivity contribution in [3.8, 4) is 0 Å². The maximum absolute atomic E-state index is 13.9. The van der Waals surface area contributed by atoms with E-state index in [9.17, 15) is 4.39 Å². The van der Waals surface area contributed by atoms with Crippen molar-refractivity contribution in [2.75, 3.05) is 24.3 Å². The number of hydrogen-bond donors (Lipinski definition) is 1. The third-order valence-corrected chi connectivity index (χ3v) is 3.87. The molecule has 3 aromatic rings. The molecule has 2 aromatic heterocycles. The first kappa shape index (κ1) is 12.8. The van der Waals surface area contributed by atoms with Gasteiger partial charge in [-0.15, -0.1) is 11.3 Å². The zero-order chi connectivity index (χ0) is 14.1. The van der Waals surface area contributed by atoms with Gasteiger partial charge in [-0.2, -0.15) is 4.98 Å². The van der Waals surface area contributed by atoms with Gasteiger partial charge in [0.25, 0.3) is 0 Å². The van der Waals surface area contributed by atoms with Crippen molar-refractivity contribution in [3.63, 3.8) is 0 Å². The SMILES string of the molecule is CNc1nc(N(C)c2ccccc2F)c2ccsc2n1. The molecule has 0 bridgehead atoms. The summed E-state index contributed by atoms with van der Waals surface area (Å²) in [5.41, 5.74) is 0.487. The standard InChI is InChI=1S/C14H13FN4S/c1-16-14-17-12(9-7-8-20-13(9)18-14)19(2)11-6-4-3-5-10(11)15/h3-8H,1-2H3,(H,16,17,18). The minimum absolute atomic E-state index is 0.275. The van der Waals surface area contributed by atoms with Crippen LogP contribution in [-0.2, 0) is 0 Å². The van der Waals surface area contributed by atoms with Crippen LogP contribution in [0.25, 0.3) is 10.2 Å². The Balaban J connectivity index is 2.18. The Morgan fingerprint density at radius 3 is 2.75 bits per heavy atom. The van der Waals surface area contributed by atoms with Gasteiger partial charge in [0, 0.05) is 14.1 Å². The second-order valence-electron chi connectivity index (χ2n) is 4.27. The van der Waals surface area contributed by atoms with Crippen LogP contribution in [0.3, 0.4) is 0 Å².